The largest absolute Gasteiger partial charge is 0.352 e. The second-order valence-corrected chi connectivity index (χ2v) is 6.42. The summed E-state index contributed by atoms with van der Waals surface area (Å²) in [7, 11) is 0. The van der Waals surface area contributed by atoms with Crippen LogP contribution in [0, 0.1) is 11.8 Å². The number of nitrogens with one attached hydrogen (secondary N) is 1. The molecule has 0 aromatic heterocycles. The van der Waals surface area contributed by atoms with Crippen LogP contribution in [0.2, 0.25) is 0 Å². The number of halogens is 2. The van der Waals surface area contributed by atoms with Gasteiger partial charge in [-0.2, -0.15) is 0 Å². The normalized spacial score (nSPS) is 16.6. The van der Waals surface area contributed by atoms with E-state index in [1.165, 1.54) is 12.8 Å². The molecule has 1 fully saturated rings. The van der Waals surface area contributed by atoms with Crippen molar-refractivity contribution in [3.05, 3.63) is 32.7 Å². The van der Waals surface area contributed by atoms with Crippen LogP contribution in [0.5, 0.6) is 0 Å². The van der Waals surface area contributed by atoms with Gasteiger partial charge in [-0.3, -0.25) is 4.79 Å². The first-order valence-electron chi connectivity index (χ1n) is 5.81. The molecular formula is C13H15Br2NO. The molecule has 2 rings (SSSR count). The van der Waals surface area contributed by atoms with E-state index in [-0.39, 0.29) is 5.91 Å². The number of hydrogen-bond acceptors (Lipinski definition) is 1. The average molecular weight is 361 g/mol. The minimum absolute atomic E-state index is 0.00289. The topological polar surface area (TPSA) is 29.1 Å². The van der Waals surface area contributed by atoms with Crippen LogP contribution in [0.1, 0.15) is 30.1 Å². The lowest BCUT2D eigenvalue weighted by Crippen LogP contribution is -2.29. The summed E-state index contributed by atoms with van der Waals surface area (Å²) in [6, 6.07) is 5.59. The standard InChI is InChI=1S/C13H15Br2NO/c1-8(9-2-3-9)7-16-13(17)11-5-4-10(14)6-12(11)15/h4-6,8-9H,2-3,7H2,1H3,(H,16,17). The molecule has 0 saturated heterocycles. The van der Waals surface area contributed by atoms with E-state index < -0.39 is 0 Å². The molecular weight excluding hydrogens is 346 g/mol. The smallest absolute Gasteiger partial charge is 0.252 e. The lowest BCUT2D eigenvalue weighted by Gasteiger charge is -2.12. The fourth-order valence-electron chi connectivity index (χ4n) is 1.85. The fraction of sp³-hybridized carbons (Fsp3) is 0.462. The molecule has 0 bridgehead atoms. The van der Waals surface area contributed by atoms with Crippen molar-refractivity contribution < 1.29 is 4.79 Å². The second kappa shape index (κ2) is 5.53. The number of benzene rings is 1. The molecule has 0 spiro atoms. The van der Waals surface area contributed by atoms with E-state index in [4.69, 9.17) is 0 Å². The highest BCUT2D eigenvalue weighted by Gasteiger charge is 2.28. The molecule has 92 valence electrons. The summed E-state index contributed by atoms with van der Waals surface area (Å²) < 4.78 is 1.79. The SMILES string of the molecule is CC(CNC(=O)c1ccc(Br)cc1Br)C1CC1. The summed E-state index contributed by atoms with van der Waals surface area (Å²) in [5.74, 6) is 1.41. The van der Waals surface area contributed by atoms with E-state index in [2.05, 4.69) is 44.1 Å². The molecule has 0 radical (unpaired) electrons. The minimum Gasteiger partial charge on any atom is -0.352 e. The maximum Gasteiger partial charge on any atom is 0.252 e. The van der Waals surface area contributed by atoms with Crippen molar-refractivity contribution in [1.82, 2.24) is 5.32 Å². The van der Waals surface area contributed by atoms with E-state index in [0.29, 0.717) is 11.5 Å². The predicted octanol–water partition coefficient (Wildman–Crippen LogP) is 3.99. The Kier molecular flexibility index (Phi) is 4.26. The van der Waals surface area contributed by atoms with E-state index >= 15 is 0 Å². The van der Waals surface area contributed by atoms with E-state index in [9.17, 15) is 4.79 Å². The van der Waals surface area contributed by atoms with Gasteiger partial charge in [0, 0.05) is 15.5 Å². The molecule has 2 nitrogen and oxygen atoms in total. The molecule has 1 unspecified atom stereocenters. The van der Waals surface area contributed by atoms with Crippen LogP contribution < -0.4 is 5.32 Å². The molecule has 4 heteroatoms. The quantitative estimate of drug-likeness (QED) is 0.864. The molecule has 1 N–H and O–H groups in total. The minimum atomic E-state index is -0.00289. The molecule has 1 saturated carbocycles. The van der Waals surface area contributed by atoms with Gasteiger partial charge in [-0.15, -0.1) is 0 Å². The average Bonchev–Trinajstić information content (AvgIpc) is 3.09. The van der Waals surface area contributed by atoms with Gasteiger partial charge in [0.1, 0.15) is 0 Å². The Hall–Kier alpha value is -0.350. The first-order valence-corrected chi connectivity index (χ1v) is 7.40. The van der Waals surface area contributed by atoms with Gasteiger partial charge >= 0.3 is 0 Å². The molecule has 1 aliphatic carbocycles. The number of hydrogen-bond donors (Lipinski definition) is 1. The summed E-state index contributed by atoms with van der Waals surface area (Å²) in [4.78, 5) is 12.0. The Morgan fingerprint density at radius 2 is 2.18 bits per heavy atom. The predicted molar refractivity (Wildman–Crippen MR) is 76.1 cm³/mol. The number of rotatable bonds is 4. The zero-order valence-corrected chi connectivity index (χ0v) is 12.8. The number of carbonyl (C=O) groups excluding carboxylic acids is 1. The fourth-order valence-corrected chi connectivity index (χ4v) is 3.08. The Balaban J connectivity index is 1.94. The summed E-state index contributed by atoms with van der Waals surface area (Å²) in [6.07, 6.45) is 2.64. The van der Waals surface area contributed by atoms with E-state index in [0.717, 1.165) is 21.4 Å². The van der Waals surface area contributed by atoms with Gasteiger partial charge in [-0.1, -0.05) is 22.9 Å². The highest BCUT2D eigenvalue weighted by molar-refractivity contribution is 9.11. The molecule has 0 heterocycles. The second-order valence-electron chi connectivity index (χ2n) is 4.65. The molecule has 1 aromatic carbocycles. The Bertz CT molecular complexity index is 429. The molecule has 1 amide bonds. The summed E-state index contributed by atoms with van der Waals surface area (Å²) in [5, 5.41) is 3.00. The molecule has 1 aliphatic rings. The van der Waals surface area contributed by atoms with Crippen molar-refractivity contribution in [2.24, 2.45) is 11.8 Å². The van der Waals surface area contributed by atoms with Gasteiger partial charge in [0.2, 0.25) is 0 Å². The lowest BCUT2D eigenvalue weighted by molar-refractivity contribution is 0.0946. The van der Waals surface area contributed by atoms with Gasteiger partial charge in [0.25, 0.3) is 5.91 Å². The third-order valence-electron chi connectivity index (χ3n) is 3.19. The first kappa shape index (κ1) is 13.1. The molecule has 17 heavy (non-hydrogen) atoms. The summed E-state index contributed by atoms with van der Waals surface area (Å²) in [5.41, 5.74) is 0.691. The van der Waals surface area contributed by atoms with Crippen LogP contribution in [0.4, 0.5) is 0 Å². The van der Waals surface area contributed by atoms with Crippen molar-refractivity contribution in [1.29, 1.82) is 0 Å². The van der Waals surface area contributed by atoms with Crippen LogP contribution in [-0.2, 0) is 0 Å². The van der Waals surface area contributed by atoms with Crippen molar-refractivity contribution >= 4 is 37.8 Å². The third-order valence-corrected chi connectivity index (χ3v) is 4.34. The summed E-state index contributed by atoms with van der Waals surface area (Å²) >= 11 is 6.78. The lowest BCUT2D eigenvalue weighted by atomic mass is 10.1. The highest BCUT2D eigenvalue weighted by atomic mass is 79.9. The first-order chi connectivity index (χ1) is 8.08. The Morgan fingerprint density at radius 1 is 1.47 bits per heavy atom. The highest BCUT2D eigenvalue weighted by Crippen LogP contribution is 2.36. The maximum absolute atomic E-state index is 12.0. The van der Waals surface area contributed by atoms with Crippen LogP contribution in [-0.4, -0.2) is 12.5 Å². The van der Waals surface area contributed by atoms with Gasteiger partial charge in [-0.25, -0.2) is 0 Å². The van der Waals surface area contributed by atoms with Crippen molar-refractivity contribution in [3.8, 4) is 0 Å². The van der Waals surface area contributed by atoms with Crippen LogP contribution in [0.3, 0.4) is 0 Å². The van der Waals surface area contributed by atoms with Crippen molar-refractivity contribution in [3.63, 3.8) is 0 Å². The third kappa shape index (κ3) is 3.55. The Morgan fingerprint density at radius 3 is 2.76 bits per heavy atom. The molecule has 1 atom stereocenters. The number of carbonyl (C=O) groups is 1. The van der Waals surface area contributed by atoms with E-state index in [1.807, 2.05) is 18.2 Å². The van der Waals surface area contributed by atoms with Crippen LogP contribution >= 0.6 is 31.9 Å². The van der Waals surface area contributed by atoms with Crippen molar-refractivity contribution in [2.75, 3.05) is 6.54 Å². The zero-order chi connectivity index (χ0) is 12.4. The van der Waals surface area contributed by atoms with Crippen LogP contribution in [0.25, 0.3) is 0 Å². The summed E-state index contributed by atoms with van der Waals surface area (Å²) in [6.45, 7) is 2.97. The maximum atomic E-state index is 12.0. The van der Waals surface area contributed by atoms with Gasteiger partial charge in [0.05, 0.1) is 5.56 Å². The van der Waals surface area contributed by atoms with Gasteiger partial charge in [-0.05, 0) is 58.8 Å². The Labute approximate surface area is 118 Å². The monoisotopic (exact) mass is 359 g/mol. The molecule has 1 aromatic rings. The number of amides is 1. The van der Waals surface area contributed by atoms with Crippen molar-refractivity contribution in [2.45, 2.75) is 19.8 Å². The van der Waals surface area contributed by atoms with Crippen LogP contribution in [0.15, 0.2) is 27.1 Å². The van der Waals surface area contributed by atoms with Gasteiger partial charge in [0.15, 0.2) is 0 Å². The van der Waals surface area contributed by atoms with E-state index in [1.54, 1.807) is 0 Å². The molecule has 0 aliphatic heterocycles. The van der Waals surface area contributed by atoms with Gasteiger partial charge < -0.3 is 5.32 Å². The zero-order valence-electron chi connectivity index (χ0n) is 9.67.